The van der Waals surface area contributed by atoms with Crippen LogP contribution in [0.2, 0.25) is 0 Å². The van der Waals surface area contributed by atoms with Gasteiger partial charge in [0.15, 0.2) is 0 Å². The van der Waals surface area contributed by atoms with Gasteiger partial charge in [-0.1, -0.05) is 0 Å². The minimum absolute atomic E-state index is 0.187. The van der Waals surface area contributed by atoms with Crippen LogP contribution in [0.4, 0.5) is 10.2 Å². The Balaban J connectivity index is 2.38. The zero-order valence-electron chi connectivity index (χ0n) is 11.3. The highest BCUT2D eigenvalue weighted by molar-refractivity contribution is 6.23. The van der Waals surface area contributed by atoms with Crippen LogP contribution in [0, 0.1) is 5.82 Å². The molecule has 0 spiro atoms. The summed E-state index contributed by atoms with van der Waals surface area (Å²) in [6.45, 7) is 0. The number of carbonyl (C=O) groups is 3. The number of nitrogens with one attached hydrogen (secondary N) is 1. The predicted octanol–water partition coefficient (Wildman–Crippen LogP) is 0.141. The molecule has 23 heavy (non-hydrogen) atoms. The van der Waals surface area contributed by atoms with E-state index < -0.39 is 40.5 Å². The van der Waals surface area contributed by atoms with Crippen molar-refractivity contribution in [3.63, 3.8) is 0 Å². The van der Waals surface area contributed by atoms with E-state index in [0.29, 0.717) is 0 Å². The number of halogens is 1. The first-order valence-corrected chi connectivity index (χ1v) is 6.25. The number of fused-ring (bicyclic) bond motifs is 1. The van der Waals surface area contributed by atoms with Crippen molar-refractivity contribution in [2.45, 2.75) is 0 Å². The quantitative estimate of drug-likeness (QED) is 0.675. The van der Waals surface area contributed by atoms with Gasteiger partial charge in [0, 0.05) is 6.07 Å². The van der Waals surface area contributed by atoms with Crippen molar-refractivity contribution in [3.8, 4) is 5.69 Å². The van der Waals surface area contributed by atoms with Gasteiger partial charge in [-0.15, -0.1) is 0 Å². The molecule has 0 bridgehead atoms. The number of aromatic nitrogens is 1. The summed E-state index contributed by atoms with van der Waals surface area (Å²) in [6, 6.07) is 3.60. The average molecular weight is 317 g/mol. The Kier molecular flexibility index (Phi) is 2.99. The summed E-state index contributed by atoms with van der Waals surface area (Å²) < 4.78 is 14.0. The number of hydrogen-bond donors (Lipinski definition) is 3. The number of anilines is 1. The number of hydrogen-bond acceptors (Lipinski definition) is 5. The van der Waals surface area contributed by atoms with Crippen LogP contribution in [0.1, 0.15) is 31.1 Å². The van der Waals surface area contributed by atoms with Gasteiger partial charge in [0.05, 0.1) is 22.4 Å². The fourth-order valence-corrected chi connectivity index (χ4v) is 2.40. The van der Waals surface area contributed by atoms with Crippen LogP contribution in [-0.4, -0.2) is 27.5 Å². The van der Waals surface area contributed by atoms with Gasteiger partial charge in [0.25, 0.3) is 17.4 Å². The van der Waals surface area contributed by atoms with Gasteiger partial charge in [-0.2, -0.15) is 0 Å². The zero-order chi connectivity index (χ0) is 16.9. The van der Waals surface area contributed by atoms with Crippen molar-refractivity contribution in [2.75, 3.05) is 5.73 Å². The monoisotopic (exact) mass is 317 g/mol. The number of aromatic carboxylic acids is 1. The maximum atomic E-state index is 13.3. The van der Waals surface area contributed by atoms with Crippen molar-refractivity contribution < 1.29 is 23.9 Å². The smallest absolute Gasteiger partial charge is 0.337 e. The Morgan fingerprint density at radius 1 is 1.17 bits per heavy atom. The van der Waals surface area contributed by atoms with Crippen LogP contribution in [-0.2, 0) is 0 Å². The number of pyridine rings is 1. The van der Waals surface area contributed by atoms with E-state index in [-0.39, 0.29) is 16.8 Å². The molecule has 0 radical (unpaired) electrons. The average Bonchev–Trinajstić information content (AvgIpc) is 2.74. The molecule has 9 heteroatoms. The summed E-state index contributed by atoms with van der Waals surface area (Å²) >= 11 is 0. The van der Waals surface area contributed by atoms with E-state index in [1.807, 2.05) is 5.32 Å². The molecule has 0 unspecified atom stereocenters. The number of rotatable bonds is 2. The number of carboxylic acid groups (broad SMARTS) is 1. The minimum Gasteiger partial charge on any atom is -0.478 e. The van der Waals surface area contributed by atoms with Gasteiger partial charge >= 0.3 is 5.97 Å². The molecule has 1 aromatic carbocycles. The molecule has 0 saturated heterocycles. The number of benzene rings is 1. The van der Waals surface area contributed by atoms with E-state index >= 15 is 0 Å². The molecule has 1 aliphatic heterocycles. The number of nitrogens with two attached hydrogens (primary N) is 1. The van der Waals surface area contributed by atoms with Gasteiger partial charge in [0.2, 0.25) is 0 Å². The summed E-state index contributed by atoms with van der Waals surface area (Å²) in [6.07, 6.45) is 0. The Morgan fingerprint density at radius 2 is 1.87 bits per heavy atom. The molecule has 1 aromatic heterocycles. The number of nitrogens with zero attached hydrogens (tertiary/aromatic N) is 1. The molecular weight excluding hydrogens is 309 g/mol. The molecule has 3 rings (SSSR count). The molecule has 2 heterocycles. The standard InChI is InChI=1S/C14H8FN3O5/c15-5-1-2-8(6(3-5)14(22)23)18-9(19)4-7-10(11(18)16)13(21)17-12(7)20/h1-4H,16H2,(H,22,23)(H,17,20,21). The Hall–Kier alpha value is -3.49. The summed E-state index contributed by atoms with van der Waals surface area (Å²) in [4.78, 5) is 46.8. The summed E-state index contributed by atoms with van der Waals surface area (Å²) in [5.41, 5.74) is 3.83. The van der Waals surface area contributed by atoms with Crippen molar-refractivity contribution in [2.24, 2.45) is 0 Å². The van der Waals surface area contributed by atoms with E-state index in [0.717, 1.165) is 28.8 Å². The van der Waals surface area contributed by atoms with Gasteiger partial charge in [0.1, 0.15) is 11.6 Å². The second-order valence-corrected chi connectivity index (χ2v) is 4.74. The molecule has 8 nitrogen and oxygen atoms in total. The molecule has 0 saturated carbocycles. The molecule has 2 aromatic rings. The normalized spacial score (nSPS) is 12.9. The maximum absolute atomic E-state index is 13.3. The number of nitrogen functional groups attached to an aromatic ring is 1. The lowest BCUT2D eigenvalue weighted by atomic mass is 10.1. The number of carbonyl (C=O) groups excluding carboxylic acids is 2. The Morgan fingerprint density at radius 3 is 2.52 bits per heavy atom. The lowest BCUT2D eigenvalue weighted by molar-refractivity contribution is 0.0695. The lowest BCUT2D eigenvalue weighted by Gasteiger charge is -2.14. The third-order valence-corrected chi connectivity index (χ3v) is 3.38. The molecule has 116 valence electrons. The topological polar surface area (TPSA) is 131 Å². The third-order valence-electron chi connectivity index (χ3n) is 3.38. The van der Waals surface area contributed by atoms with Crippen LogP contribution in [0.3, 0.4) is 0 Å². The van der Waals surface area contributed by atoms with Crippen LogP contribution >= 0.6 is 0 Å². The largest absolute Gasteiger partial charge is 0.478 e. The Bertz CT molecular complexity index is 964. The SMILES string of the molecule is Nc1c2c(cc(=O)n1-c1ccc(F)cc1C(=O)O)C(=O)NC2=O. The van der Waals surface area contributed by atoms with Gasteiger partial charge in [-0.3, -0.25) is 24.3 Å². The second kappa shape index (κ2) is 4.77. The first-order chi connectivity index (χ1) is 10.8. The fraction of sp³-hybridized carbons (Fsp3) is 0. The molecule has 0 fully saturated rings. The highest BCUT2D eigenvalue weighted by Gasteiger charge is 2.32. The minimum atomic E-state index is -1.48. The fourth-order valence-electron chi connectivity index (χ4n) is 2.40. The summed E-state index contributed by atoms with van der Waals surface area (Å²) in [5, 5.41) is 11.2. The third kappa shape index (κ3) is 2.06. The first-order valence-electron chi connectivity index (χ1n) is 6.25. The molecule has 0 aliphatic carbocycles. The van der Waals surface area contributed by atoms with E-state index in [9.17, 15) is 23.6 Å². The van der Waals surface area contributed by atoms with Crippen molar-refractivity contribution in [1.29, 1.82) is 0 Å². The van der Waals surface area contributed by atoms with Crippen LogP contribution < -0.4 is 16.6 Å². The van der Waals surface area contributed by atoms with Crippen molar-refractivity contribution >= 4 is 23.6 Å². The van der Waals surface area contributed by atoms with Crippen LogP contribution in [0.25, 0.3) is 5.69 Å². The van der Waals surface area contributed by atoms with Gasteiger partial charge in [-0.25, -0.2) is 9.18 Å². The molecule has 4 N–H and O–H groups in total. The second-order valence-electron chi connectivity index (χ2n) is 4.74. The predicted molar refractivity (Wildman–Crippen MR) is 75.2 cm³/mol. The van der Waals surface area contributed by atoms with Crippen molar-refractivity contribution in [3.05, 3.63) is 57.1 Å². The van der Waals surface area contributed by atoms with Crippen LogP contribution in [0.15, 0.2) is 29.1 Å². The molecular formula is C14H8FN3O5. The number of amides is 2. The molecule has 2 amide bonds. The van der Waals surface area contributed by atoms with E-state index in [1.54, 1.807) is 0 Å². The van der Waals surface area contributed by atoms with Gasteiger partial charge in [-0.05, 0) is 18.2 Å². The van der Waals surface area contributed by atoms with Crippen LogP contribution in [0.5, 0.6) is 0 Å². The number of carboxylic acids is 1. The molecule has 1 aliphatic rings. The zero-order valence-corrected chi connectivity index (χ0v) is 11.3. The lowest BCUT2D eigenvalue weighted by Crippen LogP contribution is -2.25. The van der Waals surface area contributed by atoms with E-state index in [4.69, 9.17) is 10.8 Å². The molecule has 0 atom stereocenters. The van der Waals surface area contributed by atoms with E-state index in [1.165, 1.54) is 0 Å². The van der Waals surface area contributed by atoms with E-state index in [2.05, 4.69) is 0 Å². The number of imide groups is 1. The first kappa shape index (κ1) is 14.4. The Labute approximate surface area is 127 Å². The van der Waals surface area contributed by atoms with Gasteiger partial charge < -0.3 is 10.8 Å². The summed E-state index contributed by atoms with van der Waals surface area (Å²) in [7, 11) is 0. The van der Waals surface area contributed by atoms with Crippen molar-refractivity contribution in [1.82, 2.24) is 9.88 Å². The highest BCUT2D eigenvalue weighted by Crippen LogP contribution is 2.24. The highest BCUT2D eigenvalue weighted by atomic mass is 19.1. The summed E-state index contributed by atoms with van der Waals surface area (Å²) in [5.74, 6) is -4.25. The maximum Gasteiger partial charge on any atom is 0.337 e.